The predicted molar refractivity (Wildman–Crippen MR) is 60.5 cm³/mol. The third kappa shape index (κ3) is 1.82. The lowest BCUT2D eigenvalue weighted by molar-refractivity contribution is -0.0442. The molecule has 0 spiro atoms. The fourth-order valence-electron chi connectivity index (χ4n) is 2.94. The summed E-state index contributed by atoms with van der Waals surface area (Å²) in [6.45, 7) is 9.89. The number of rotatable bonds is 3. The minimum absolute atomic E-state index is 0.685. The molecule has 2 nitrogen and oxygen atoms in total. The van der Waals surface area contributed by atoms with E-state index in [0.717, 1.165) is 6.04 Å². The SMILES string of the molecule is CCC1(CC)CN(C2CCNCC2)C1. The Balaban J connectivity index is 1.80. The standard InChI is InChI=1S/C12H24N2/c1-3-12(4-2)9-14(10-12)11-5-7-13-8-6-11/h11,13H,3-10H2,1-2H3. The van der Waals surface area contributed by atoms with Crippen LogP contribution in [0.5, 0.6) is 0 Å². The highest BCUT2D eigenvalue weighted by Crippen LogP contribution is 2.39. The Labute approximate surface area is 88.1 Å². The van der Waals surface area contributed by atoms with Crippen LogP contribution < -0.4 is 5.32 Å². The highest BCUT2D eigenvalue weighted by Gasteiger charge is 2.42. The van der Waals surface area contributed by atoms with E-state index < -0.39 is 0 Å². The summed E-state index contributed by atoms with van der Waals surface area (Å²) in [6, 6.07) is 0.891. The molecular formula is C12H24N2. The summed E-state index contributed by atoms with van der Waals surface area (Å²) in [5.74, 6) is 0. The predicted octanol–water partition coefficient (Wildman–Crippen LogP) is 1.86. The van der Waals surface area contributed by atoms with Crippen LogP contribution in [0.3, 0.4) is 0 Å². The molecule has 0 aromatic heterocycles. The Morgan fingerprint density at radius 2 is 1.71 bits per heavy atom. The van der Waals surface area contributed by atoms with Gasteiger partial charge in [0.1, 0.15) is 0 Å². The Bertz CT molecular complexity index is 173. The van der Waals surface area contributed by atoms with Crippen molar-refractivity contribution in [1.82, 2.24) is 10.2 Å². The molecule has 0 saturated carbocycles. The second kappa shape index (κ2) is 4.19. The molecule has 2 aliphatic heterocycles. The first-order valence-corrected chi connectivity index (χ1v) is 6.24. The molecule has 2 heterocycles. The van der Waals surface area contributed by atoms with Crippen molar-refractivity contribution in [2.75, 3.05) is 26.2 Å². The monoisotopic (exact) mass is 196 g/mol. The van der Waals surface area contributed by atoms with E-state index in [1.807, 2.05) is 0 Å². The molecule has 2 fully saturated rings. The van der Waals surface area contributed by atoms with Crippen molar-refractivity contribution < 1.29 is 0 Å². The van der Waals surface area contributed by atoms with Crippen molar-refractivity contribution in [2.45, 2.75) is 45.6 Å². The first kappa shape index (κ1) is 10.4. The Morgan fingerprint density at radius 3 is 2.21 bits per heavy atom. The van der Waals surface area contributed by atoms with E-state index in [2.05, 4.69) is 24.1 Å². The van der Waals surface area contributed by atoms with Crippen LogP contribution in [0.2, 0.25) is 0 Å². The average molecular weight is 196 g/mol. The maximum atomic E-state index is 3.44. The largest absolute Gasteiger partial charge is 0.317 e. The van der Waals surface area contributed by atoms with Crippen LogP contribution in [-0.4, -0.2) is 37.1 Å². The molecule has 1 N–H and O–H groups in total. The molecule has 0 amide bonds. The zero-order chi connectivity index (χ0) is 10.0. The van der Waals surface area contributed by atoms with Crippen molar-refractivity contribution in [3.63, 3.8) is 0 Å². The molecule has 2 rings (SSSR count). The normalized spacial score (nSPS) is 28.7. The van der Waals surface area contributed by atoms with Crippen LogP contribution in [0.1, 0.15) is 39.5 Å². The summed E-state index contributed by atoms with van der Waals surface area (Å²) in [7, 11) is 0. The first-order chi connectivity index (χ1) is 6.79. The average Bonchev–Trinajstić information content (AvgIpc) is 2.19. The molecule has 2 saturated heterocycles. The lowest BCUT2D eigenvalue weighted by atomic mass is 9.74. The van der Waals surface area contributed by atoms with Crippen LogP contribution in [0.15, 0.2) is 0 Å². The molecule has 0 atom stereocenters. The highest BCUT2D eigenvalue weighted by molar-refractivity contribution is 4.96. The van der Waals surface area contributed by atoms with Gasteiger partial charge in [-0.15, -0.1) is 0 Å². The van der Waals surface area contributed by atoms with Crippen LogP contribution in [0.25, 0.3) is 0 Å². The van der Waals surface area contributed by atoms with Gasteiger partial charge in [0, 0.05) is 19.1 Å². The van der Waals surface area contributed by atoms with E-state index in [0.29, 0.717) is 5.41 Å². The summed E-state index contributed by atoms with van der Waals surface area (Å²) in [4.78, 5) is 2.72. The lowest BCUT2D eigenvalue weighted by Gasteiger charge is -2.54. The number of nitrogens with zero attached hydrogens (tertiary/aromatic N) is 1. The van der Waals surface area contributed by atoms with Gasteiger partial charge >= 0.3 is 0 Å². The maximum absolute atomic E-state index is 3.44. The fraction of sp³-hybridized carbons (Fsp3) is 1.00. The second-order valence-corrected chi connectivity index (χ2v) is 5.09. The van der Waals surface area contributed by atoms with Crippen molar-refractivity contribution >= 4 is 0 Å². The zero-order valence-electron chi connectivity index (χ0n) is 9.68. The summed E-state index contributed by atoms with van der Waals surface area (Å²) < 4.78 is 0. The van der Waals surface area contributed by atoms with Gasteiger partial charge in [0.05, 0.1) is 0 Å². The Kier molecular flexibility index (Phi) is 3.13. The molecule has 0 unspecified atom stereocenters. The van der Waals surface area contributed by atoms with E-state index in [4.69, 9.17) is 0 Å². The van der Waals surface area contributed by atoms with Gasteiger partial charge < -0.3 is 5.32 Å². The number of hydrogen-bond acceptors (Lipinski definition) is 2. The van der Waals surface area contributed by atoms with Crippen molar-refractivity contribution in [1.29, 1.82) is 0 Å². The molecule has 0 aromatic carbocycles. The van der Waals surface area contributed by atoms with Gasteiger partial charge in [-0.25, -0.2) is 0 Å². The van der Waals surface area contributed by atoms with Crippen molar-refractivity contribution in [3.05, 3.63) is 0 Å². The van der Waals surface area contributed by atoms with Gasteiger partial charge in [0.2, 0.25) is 0 Å². The van der Waals surface area contributed by atoms with Gasteiger partial charge in [0.15, 0.2) is 0 Å². The molecule has 14 heavy (non-hydrogen) atoms. The number of piperidine rings is 1. The van der Waals surface area contributed by atoms with E-state index in [-0.39, 0.29) is 0 Å². The van der Waals surface area contributed by atoms with Crippen molar-refractivity contribution in [2.24, 2.45) is 5.41 Å². The van der Waals surface area contributed by atoms with Gasteiger partial charge in [-0.2, -0.15) is 0 Å². The van der Waals surface area contributed by atoms with Crippen LogP contribution in [0.4, 0.5) is 0 Å². The molecule has 0 aromatic rings. The number of hydrogen-bond donors (Lipinski definition) is 1. The Morgan fingerprint density at radius 1 is 1.14 bits per heavy atom. The molecule has 0 bridgehead atoms. The number of likely N-dealkylation sites (tertiary alicyclic amines) is 1. The van der Waals surface area contributed by atoms with Crippen molar-refractivity contribution in [3.8, 4) is 0 Å². The van der Waals surface area contributed by atoms with Gasteiger partial charge in [-0.05, 0) is 44.2 Å². The molecule has 2 heteroatoms. The second-order valence-electron chi connectivity index (χ2n) is 5.09. The summed E-state index contributed by atoms with van der Waals surface area (Å²) in [5.41, 5.74) is 0.685. The topological polar surface area (TPSA) is 15.3 Å². The molecule has 0 aliphatic carbocycles. The zero-order valence-corrected chi connectivity index (χ0v) is 9.68. The number of nitrogens with one attached hydrogen (secondary N) is 1. The maximum Gasteiger partial charge on any atom is 0.0120 e. The van der Waals surface area contributed by atoms with Crippen LogP contribution in [0, 0.1) is 5.41 Å². The van der Waals surface area contributed by atoms with Crippen LogP contribution in [-0.2, 0) is 0 Å². The quantitative estimate of drug-likeness (QED) is 0.741. The summed E-state index contributed by atoms with van der Waals surface area (Å²) in [6.07, 6.45) is 5.46. The molecule has 0 radical (unpaired) electrons. The van der Waals surface area contributed by atoms with E-state index in [1.54, 1.807) is 0 Å². The third-order valence-electron chi connectivity index (χ3n) is 4.40. The van der Waals surface area contributed by atoms with E-state index >= 15 is 0 Å². The fourth-order valence-corrected chi connectivity index (χ4v) is 2.94. The van der Waals surface area contributed by atoms with E-state index in [1.165, 1.54) is 51.9 Å². The molecule has 82 valence electrons. The molecule has 2 aliphatic rings. The lowest BCUT2D eigenvalue weighted by Crippen LogP contribution is -2.60. The smallest absolute Gasteiger partial charge is 0.0120 e. The first-order valence-electron chi connectivity index (χ1n) is 6.24. The van der Waals surface area contributed by atoms with Crippen LogP contribution >= 0.6 is 0 Å². The minimum Gasteiger partial charge on any atom is -0.317 e. The van der Waals surface area contributed by atoms with Gasteiger partial charge in [-0.1, -0.05) is 13.8 Å². The highest BCUT2D eigenvalue weighted by atomic mass is 15.2. The van der Waals surface area contributed by atoms with Gasteiger partial charge in [0.25, 0.3) is 0 Å². The summed E-state index contributed by atoms with van der Waals surface area (Å²) in [5, 5.41) is 3.44. The summed E-state index contributed by atoms with van der Waals surface area (Å²) >= 11 is 0. The molecular weight excluding hydrogens is 172 g/mol. The Hall–Kier alpha value is -0.0800. The minimum atomic E-state index is 0.685. The van der Waals surface area contributed by atoms with E-state index in [9.17, 15) is 0 Å². The third-order valence-corrected chi connectivity index (χ3v) is 4.40. The van der Waals surface area contributed by atoms with Gasteiger partial charge in [-0.3, -0.25) is 4.90 Å².